The molecule has 2 amide bonds. The summed E-state index contributed by atoms with van der Waals surface area (Å²) >= 11 is 0. The van der Waals surface area contributed by atoms with Crippen LogP contribution in [0.3, 0.4) is 0 Å². The van der Waals surface area contributed by atoms with Gasteiger partial charge in [-0.1, -0.05) is 0 Å². The van der Waals surface area contributed by atoms with Gasteiger partial charge in [-0.15, -0.1) is 0 Å². The first-order chi connectivity index (χ1) is 7.69. The van der Waals surface area contributed by atoms with Crippen molar-refractivity contribution in [2.75, 3.05) is 25.5 Å². The molecule has 1 heterocycles. The lowest BCUT2D eigenvalue weighted by molar-refractivity contribution is 0.165. The van der Waals surface area contributed by atoms with Crippen LogP contribution in [0.25, 0.3) is 0 Å². The van der Waals surface area contributed by atoms with Gasteiger partial charge < -0.3 is 20.7 Å². The van der Waals surface area contributed by atoms with Gasteiger partial charge >= 0.3 is 6.03 Å². The van der Waals surface area contributed by atoms with E-state index < -0.39 is 0 Å². The summed E-state index contributed by atoms with van der Waals surface area (Å²) in [5, 5.41) is 2.79. The van der Waals surface area contributed by atoms with Crippen LogP contribution in [0, 0.1) is 0 Å². The van der Waals surface area contributed by atoms with Crippen molar-refractivity contribution in [1.29, 1.82) is 0 Å². The molecule has 0 radical (unpaired) electrons. The van der Waals surface area contributed by atoms with Gasteiger partial charge in [-0.2, -0.15) is 0 Å². The van der Waals surface area contributed by atoms with E-state index in [9.17, 15) is 4.79 Å². The predicted octanol–water partition coefficient (Wildman–Crippen LogP) is 0.870. The van der Waals surface area contributed by atoms with E-state index in [-0.39, 0.29) is 12.1 Å². The topological polar surface area (TPSA) is 67.6 Å². The number of nitrogens with one attached hydrogen (secondary N) is 1. The van der Waals surface area contributed by atoms with Crippen LogP contribution in [0.15, 0.2) is 24.3 Å². The number of urea groups is 1. The lowest BCUT2D eigenvalue weighted by atomic mass is 10.1. The minimum atomic E-state index is -0.105. The van der Waals surface area contributed by atoms with Gasteiger partial charge in [0.05, 0.1) is 7.11 Å². The highest BCUT2D eigenvalue weighted by atomic mass is 16.5. The fourth-order valence-electron chi connectivity index (χ4n) is 1.56. The van der Waals surface area contributed by atoms with Crippen LogP contribution in [-0.2, 0) is 0 Å². The number of carbonyl (C=O) groups is 1. The van der Waals surface area contributed by atoms with E-state index in [1.807, 2.05) is 0 Å². The average Bonchev–Trinajstić information content (AvgIpc) is 2.26. The lowest BCUT2D eigenvalue weighted by Crippen LogP contribution is -2.58. The Kier molecular flexibility index (Phi) is 2.96. The minimum Gasteiger partial charge on any atom is -0.497 e. The quantitative estimate of drug-likeness (QED) is 0.778. The first-order valence-corrected chi connectivity index (χ1v) is 5.14. The molecule has 0 spiro atoms. The second-order valence-corrected chi connectivity index (χ2v) is 3.82. The number of ether oxygens (including phenoxy) is 1. The molecule has 0 unspecified atom stereocenters. The molecule has 0 bridgehead atoms. The third-order valence-corrected chi connectivity index (χ3v) is 2.54. The summed E-state index contributed by atoms with van der Waals surface area (Å²) in [5.41, 5.74) is 6.36. The Labute approximate surface area is 94.2 Å². The summed E-state index contributed by atoms with van der Waals surface area (Å²) in [4.78, 5) is 13.3. The molecule has 5 nitrogen and oxygen atoms in total. The molecule has 2 rings (SSSR count). The van der Waals surface area contributed by atoms with Crippen LogP contribution < -0.4 is 15.8 Å². The fourth-order valence-corrected chi connectivity index (χ4v) is 1.56. The molecule has 0 saturated carbocycles. The number of anilines is 1. The number of benzene rings is 1. The van der Waals surface area contributed by atoms with E-state index in [1.54, 1.807) is 36.3 Å². The summed E-state index contributed by atoms with van der Waals surface area (Å²) < 4.78 is 5.03. The van der Waals surface area contributed by atoms with Crippen molar-refractivity contribution in [3.8, 4) is 5.75 Å². The second kappa shape index (κ2) is 4.40. The summed E-state index contributed by atoms with van der Waals surface area (Å²) in [5.74, 6) is 0.768. The van der Waals surface area contributed by atoms with E-state index >= 15 is 0 Å². The molecule has 0 atom stereocenters. The minimum absolute atomic E-state index is 0.105. The van der Waals surface area contributed by atoms with Crippen molar-refractivity contribution >= 4 is 11.7 Å². The van der Waals surface area contributed by atoms with E-state index in [0.717, 1.165) is 11.4 Å². The third-order valence-electron chi connectivity index (χ3n) is 2.54. The zero-order valence-corrected chi connectivity index (χ0v) is 9.14. The normalized spacial score (nSPS) is 15.5. The Bertz CT molecular complexity index is 371. The highest BCUT2D eigenvalue weighted by Crippen LogP contribution is 2.16. The Morgan fingerprint density at radius 2 is 2.06 bits per heavy atom. The van der Waals surface area contributed by atoms with E-state index in [4.69, 9.17) is 10.5 Å². The molecule has 1 saturated heterocycles. The molecule has 3 N–H and O–H groups in total. The predicted molar refractivity (Wildman–Crippen MR) is 61.6 cm³/mol. The van der Waals surface area contributed by atoms with Gasteiger partial charge in [0.1, 0.15) is 5.75 Å². The Morgan fingerprint density at radius 1 is 1.44 bits per heavy atom. The Hall–Kier alpha value is -1.75. The van der Waals surface area contributed by atoms with Crippen molar-refractivity contribution in [3.63, 3.8) is 0 Å². The van der Waals surface area contributed by atoms with Crippen LogP contribution in [0.4, 0.5) is 10.5 Å². The number of likely N-dealkylation sites (tertiary alicyclic amines) is 1. The molecule has 0 aliphatic carbocycles. The maximum atomic E-state index is 11.6. The van der Waals surface area contributed by atoms with Crippen LogP contribution in [-0.4, -0.2) is 37.2 Å². The van der Waals surface area contributed by atoms with Crippen molar-refractivity contribution < 1.29 is 9.53 Å². The molecule has 1 aromatic rings. The summed E-state index contributed by atoms with van der Waals surface area (Å²) in [6.07, 6.45) is 0. The summed E-state index contributed by atoms with van der Waals surface area (Å²) in [7, 11) is 1.61. The number of hydrogen-bond donors (Lipinski definition) is 2. The second-order valence-electron chi connectivity index (χ2n) is 3.82. The Morgan fingerprint density at radius 3 is 2.56 bits per heavy atom. The smallest absolute Gasteiger partial charge is 0.321 e. The van der Waals surface area contributed by atoms with Gasteiger partial charge in [-0.3, -0.25) is 0 Å². The molecular formula is C11H15N3O2. The van der Waals surface area contributed by atoms with Crippen LogP contribution in [0.1, 0.15) is 0 Å². The standard InChI is InChI=1S/C11H15N3O2/c1-16-10-4-2-9(3-5-10)13-11(15)14-6-8(12)7-14/h2-5,8H,6-7,12H2,1H3,(H,13,15). The molecule has 1 aromatic carbocycles. The molecule has 5 heteroatoms. The van der Waals surface area contributed by atoms with Crippen LogP contribution >= 0.6 is 0 Å². The molecular weight excluding hydrogens is 206 g/mol. The molecule has 1 aliphatic rings. The van der Waals surface area contributed by atoms with Crippen LogP contribution in [0.5, 0.6) is 5.75 Å². The molecule has 1 aliphatic heterocycles. The maximum absolute atomic E-state index is 11.6. The first kappa shape index (κ1) is 10.8. The fraction of sp³-hybridized carbons (Fsp3) is 0.364. The average molecular weight is 221 g/mol. The number of nitrogens with two attached hydrogens (primary N) is 1. The zero-order valence-electron chi connectivity index (χ0n) is 9.14. The van der Waals surface area contributed by atoms with E-state index in [1.165, 1.54) is 0 Å². The van der Waals surface area contributed by atoms with Crippen molar-refractivity contribution in [2.24, 2.45) is 5.73 Å². The van der Waals surface area contributed by atoms with Gasteiger partial charge in [-0.05, 0) is 24.3 Å². The molecule has 1 fully saturated rings. The molecule has 16 heavy (non-hydrogen) atoms. The number of carbonyl (C=O) groups excluding carboxylic acids is 1. The van der Waals surface area contributed by atoms with E-state index in [0.29, 0.717) is 13.1 Å². The molecule has 86 valence electrons. The third kappa shape index (κ3) is 2.25. The number of methoxy groups -OCH3 is 1. The van der Waals surface area contributed by atoms with Crippen molar-refractivity contribution in [3.05, 3.63) is 24.3 Å². The largest absolute Gasteiger partial charge is 0.497 e. The number of hydrogen-bond acceptors (Lipinski definition) is 3. The maximum Gasteiger partial charge on any atom is 0.321 e. The highest BCUT2D eigenvalue weighted by Gasteiger charge is 2.27. The molecule has 0 aromatic heterocycles. The monoisotopic (exact) mass is 221 g/mol. The van der Waals surface area contributed by atoms with Gasteiger partial charge in [0, 0.05) is 24.8 Å². The van der Waals surface area contributed by atoms with Gasteiger partial charge in [-0.25, -0.2) is 4.79 Å². The SMILES string of the molecule is COc1ccc(NC(=O)N2CC(N)C2)cc1. The number of rotatable bonds is 2. The van der Waals surface area contributed by atoms with Gasteiger partial charge in [0.15, 0.2) is 0 Å². The van der Waals surface area contributed by atoms with Crippen molar-refractivity contribution in [1.82, 2.24) is 4.90 Å². The first-order valence-electron chi connectivity index (χ1n) is 5.14. The summed E-state index contributed by atoms with van der Waals surface area (Å²) in [6.45, 7) is 1.25. The zero-order chi connectivity index (χ0) is 11.5. The van der Waals surface area contributed by atoms with Gasteiger partial charge in [0.2, 0.25) is 0 Å². The lowest BCUT2D eigenvalue weighted by Gasteiger charge is -2.36. The van der Waals surface area contributed by atoms with Crippen molar-refractivity contribution in [2.45, 2.75) is 6.04 Å². The highest BCUT2D eigenvalue weighted by molar-refractivity contribution is 5.90. The van der Waals surface area contributed by atoms with E-state index in [2.05, 4.69) is 5.32 Å². The number of nitrogens with zero attached hydrogens (tertiary/aromatic N) is 1. The van der Waals surface area contributed by atoms with Gasteiger partial charge in [0.25, 0.3) is 0 Å². The Balaban J connectivity index is 1.90. The van der Waals surface area contributed by atoms with Crippen LogP contribution in [0.2, 0.25) is 0 Å². The number of amides is 2. The summed E-state index contributed by atoms with van der Waals surface area (Å²) in [6, 6.07) is 7.23.